The molecule has 0 aromatic carbocycles. The summed E-state index contributed by atoms with van der Waals surface area (Å²) in [4.78, 5) is 0. The first kappa shape index (κ1) is 17.1. The Kier molecular flexibility index (Phi) is 7.58. The minimum absolute atomic E-state index is 0. The Labute approximate surface area is 110 Å². The standard InChI is InChI=1S/C10H22N2O3S.ClH/c1-8(2)15-5-6-16(13,14)12-7-10(11)9-3-4-9;/h8-10,12H,3-7,11H2,1-2H3;1H. The predicted molar refractivity (Wildman–Crippen MR) is 70.8 cm³/mol. The van der Waals surface area contributed by atoms with Crippen molar-refractivity contribution in [3.63, 3.8) is 0 Å². The van der Waals surface area contributed by atoms with Gasteiger partial charge in [-0.2, -0.15) is 0 Å². The van der Waals surface area contributed by atoms with Gasteiger partial charge in [0.2, 0.25) is 10.0 Å². The molecule has 104 valence electrons. The van der Waals surface area contributed by atoms with E-state index < -0.39 is 10.0 Å². The lowest BCUT2D eigenvalue weighted by molar-refractivity contribution is 0.0911. The third-order valence-electron chi connectivity index (χ3n) is 2.57. The third kappa shape index (κ3) is 7.94. The van der Waals surface area contributed by atoms with Crippen LogP contribution < -0.4 is 10.5 Å². The molecule has 1 saturated carbocycles. The molecule has 1 atom stereocenters. The molecule has 0 aromatic heterocycles. The Balaban J connectivity index is 0.00000256. The van der Waals surface area contributed by atoms with Crippen molar-refractivity contribution in [3.8, 4) is 0 Å². The van der Waals surface area contributed by atoms with Gasteiger partial charge in [0, 0.05) is 12.6 Å². The molecule has 5 nitrogen and oxygen atoms in total. The van der Waals surface area contributed by atoms with Gasteiger partial charge in [-0.25, -0.2) is 13.1 Å². The van der Waals surface area contributed by atoms with E-state index in [1.165, 1.54) is 0 Å². The molecular formula is C10H23ClN2O3S. The Morgan fingerprint density at radius 2 is 2.00 bits per heavy atom. The summed E-state index contributed by atoms with van der Waals surface area (Å²) in [6.45, 7) is 4.33. The smallest absolute Gasteiger partial charge is 0.213 e. The topological polar surface area (TPSA) is 81.4 Å². The summed E-state index contributed by atoms with van der Waals surface area (Å²) in [6.07, 6.45) is 2.31. The number of hydrogen-bond acceptors (Lipinski definition) is 4. The van der Waals surface area contributed by atoms with Crippen LogP contribution in [0.3, 0.4) is 0 Å². The largest absolute Gasteiger partial charge is 0.378 e. The van der Waals surface area contributed by atoms with Crippen molar-refractivity contribution in [2.24, 2.45) is 11.7 Å². The highest BCUT2D eigenvalue weighted by Crippen LogP contribution is 2.31. The molecular weight excluding hydrogens is 264 g/mol. The van der Waals surface area contributed by atoms with Gasteiger partial charge in [0.25, 0.3) is 0 Å². The van der Waals surface area contributed by atoms with Gasteiger partial charge in [-0.1, -0.05) is 0 Å². The molecule has 0 heterocycles. The fourth-order valence-corrected chi connectivity index (χ4v) is 2.29. The zero-order chi connectivity index (χ0) is 12.2. The van der Waals surface area contributed by atoms with Crippen molar-refractivity contribution in [1.82, 2.24) is 4.72 Å². The monoisotopic (exact) mass is 286 g/mol. The van der Waals surface area contributed by atoms with E-state index in [0.717, 1.165) is 12.8 Å². The van der Waals surface area contributed by atoms with Crippen LogP contribution in [-0.2, 0) is 14.8 Å². The Bertz CT molecular complexity index is 305. The maximum absolute atomic E-state index is 11.5. The van der Waals surface area contributed by atoms with Crippen LogP contribution >= 0.6 is 12.4 Å². The molecule has 3 N–H and O–H groups in total. The zero-order valence-electron chi connectivity index (χ0n) is 10.4. The molecule has 1 aliphatic carbocycles. The second kappa shape index (κ2) is 7.53. The van der Waals surface area contributed by atoms with Gasteiger partial charge in [-0.15, -0.1) is 12.4 Å². The molecule has 0 radical (unpaired) electrons. The van der Waals surface area contributed by atoms with Crippen LogP contribution in [0.1, 0.15) is 26.7 Å². The Morgan fingerprint density at radius 3 is 2.47 bits per heavy atom. The summed E-state index contributed by atoms with van der Waals surface area (Å²) in [7, 11) is -3.23. The Hall–Kier alpha value is 0.120. The number of sulfonamides is 1. The molecule has 1 fully saturated rings. The highest BCUT2D eigenvalue weighted by atomic mass is 35.5. The number of hydrogen-bond donors (Lipinski definition) is 2. The average Bonchev–Trinajstić information content (AvgIpc) is 2.96. The molecule has 7 heteroatoms. The van der Waals surface area contributed by atoms with E-state index >= 15 is 0 Å². The van der Waals surface area contributed by atoms with Crippen LogP contribution in [-0.4, -0.2) is 39.5 Å². The maximum atomic E-state index is 11.5. The molecule has 0 aliphatic heterocycles. The van der Waals surface area contributed by atoms with Crippen molar-refractivity contribution in [2.45, 2.75) is 38.8 Å². The first-order valence-corrected chi connectivity index (χ1v) is 7.40. The van der Waals surface area contributed by atoms with Gasteiger partial charge in [-0.05, 0) is 32.6 Å². The minimum Gasteiger partial charge on any atom is -0.378 e. The van der Waals surface area contributed by atoms with Crippen molar-refractivity contribution >= 4 is 22.4 Å². The van der Waals surface area contributed by atoms with Gasteiger partial charge in [0.1, 0.15) is 0 Å². The molecule has 0 saturated heterocycles. The van der Waals surface area contributed by atoms with Crippen molar-refractivity contribution in [1.29, 1.82) is 0 Å². The molecule has 1 rings (SSSR count). The fourth-order valence-electron chi connectivity index (χ4n) is 1.38. The number of nitrogens with one attached hydrogen (secondary N) is 1. The molecule has 17 heavy (non-hydrogen) atoms. The summed E-state index contributed by atoms with van der Waals surface area (Å²) < 4.78 is 30.7. The lowest BCUT2D eigenvalue weighted by Gasteiger charge is -2.12. The summed E-state index contributed by atoms with van der Waals surface area (Å²) >= 11 is 0. The van der Waals surface area contributed by atoms with Gasteiger partial charge >= 0.3 is 0 Å². The molecule has 1 unspecified atom stereocenters. The second-order valence-corrected chi connectivity index (χ2v) is 6.51. The van der Waals surface area contributed by atoms with Gasteiger partial charge in [0.05, 0.1) is 18.5 Å². The van der Waals surface area contributed by atoms with Crippen molar-refractivity contribution in [3.05, 3.63) is 0 Å². The van der Waals surface area contributed by atoms with E-state index in [4.69, 9.17) is 10.5 Å². The van der Waals surface area contributed by atoms with E-state index in [9.17, 15) is 8.42 Å². The summed E-state index contributed by atoms with van der Waals surface area (Å²) in [5.74, 6) is 0.511. The number of rotatable bonds is 8. The third-order valence-corrected chi connectivity index (χ3v) is 3.88. The quantitative estimate of drug-likeness (QED) is 0.680. The van der Waals surface area contributed by atoms with Crippen molar-refractivity contribution < 1.29 is 13.2 Å². The molecule has 0 bridgehead atoms. The summed E-state index contributed by atoms with van der Waals surface area (Å²) in [5, 5.41) is 0. The second-order valence-electron chi connectivity index (χ2n) is 4.59. The van der Waals surface area contributed by atoms with E-state index in [-0.39, 0.29) is 36.9 Å². The van der Waals surface area contributed by atoms with Gasteiger partial charge < -0.3 is 10.5 Å². The summed E-state index contributed by atoms with van der Waals surface area (Å²) in [6, 6.07) is -0.0409. The van der Waals surface area contributed by atoms with Crippen LogP contribution in [0.2, 0.25) is 0 Å². The van der Waals surface area contributed by atoms with E-state index in [0.29, 0.717) is 12.5 Å². The van der Waals surface area contributed by atoms with Crippen LogP contribution in [0, 0.1) is 5.92 Å². The molecule has 0 spiro atoms. The summed E-state index contributed by atoms with van der Waals surface area (Å²) in [5.41, 5.74) is 5.80. The van der Waals surface area contributed by atoms with E-state index in [1.54, 1.807) is 0 Å². The minimum atomic E-state index is -3.23. The van der Waals surface area contributed by atoms with Crippen LogP contribution in [0.15, 0.2) is 0 Å². The SMILES string of the molecule is CC(C)OCCS(=O)(=O)NCC(N)C1CC1.Cl. The van der Waals surface area contributed by atoms with E-state index in [1.807, 2.05) is 13.8 Å². The zero-order valence-corrected chi connectivity index (χ0v) is 12.0. The van der Waals surface area contributed by atoms with Crippen LogP contribution in [0.4, 0.5) is 0 Å². The Morgan fingerprint density at radius 1 is 1.41 bits per heavy atom. The van der Waals surface area contributed by atoms with Crippen molar-refractivity contribution in [2.75, 3.05) is 18.9 Å². The molecule has 0 amide bonds. The first-order chi connectivity index (χ1) is 7.41. The number of nitrogens with two attached hydrogens (primary N) is 1. The first-order valence-electron chi connectivity index (χ1n) is 5.75. The average molecular weight is 287 g/mol. The number of halogens is 1. The predicted octanol–water partition coefficient (Wildman–Crippen LogP) is 0.490. The normalized spacial score (nSPS) is 17.9. The molecule has 0 aromatic rings. The van der Waals surface area contributed by atoms with Crippen LogP contribution in [0.5, 0.6) is 0 Å². The lowest BCUT2D eigenvalue weighted by atomic mass is 10.2. The lowest BCUT2D eigenvalue weighted by Crippen LogP contribution is -2.40. The highest BCUT2D eigenvalue weighted by Gasteiger charge is 2.29. The van der Waals surface area contributed by atoms with Gasteiger partial charge in [-0.3, -0.25) is 0 Å². The fraction of sp³-hybridized carbons (Fsp3) is 1.00. The van der Waals surface area contributed by atoms with E-state index in [2.05, 4.69) is 4.72 Å². The van der Waals surface area contributed by atoms with Gasteiger partial charge in [0.15, 0.2) is 0 Å². The van der Waals surface area contributed by atoms with Crippen LogP contribution in [0.25, 0.3) is 0 Å². The highest BCUT2D eigenvalue weighted by molar-refractivity contribution is 7.89. The molecule has 1 aliphatic rings. The maximum Gasteiger partial charge on any atom is 0.213 e. The number of ether oxygens (including phenoxy) is 1.